The summed E-state index contributed by atoms with van der Waals surface area (Å²) in [7, 11) is 1.16. The van der Waals surface area contributed by atoms with E-state index in [0.717, 1.165) is 12.5 Å². The van der Waals surface area contributed by atoms with E-state index in [-0.39, 0.29) is 0 Å². The summed E-state index contributed by atoms with van der Waals surface area (Å²) in [6.45, 7) is 0. The van der Waals surface area contributed by atoms with Gasteiger partial charge in [-0.25, -0.2) is 4.79 Å². The molecule has 0 saturated heterocycles. The number of aliphatic hydroxyl groups is 2. The molecule has 2 N–H and O–H groups in total. The van der Waals surface area contributed by atoms with E-state index in [9.17, 15) is 15.0 Å². The van der Waals surface area contributed by atoms with Gasteiger partial charge in [0.25, 0.3) is 0 Å². The second-order valence-electron chi connectivity index (χ2n) is 3.86. The molecule has 0 aliphatic carbocycles. The Balaban J connectivity index is 2.44. The molecular formula is C13H13NO4. The average molecular weight is 247 g/mol. The van der Waals surface area contributed by atoms with Crippen LogP contribution in [0, 0.1) is 0 Å². The maximum Gasteiger partial charge on any atom is 0.337 e. The van der Waals surface area contributed by atoms with E-state index < -0.39 is 18.2 Å². The van der Waals surface area contributed by atoms with Crippen LogP contribution in [-0.2, 0) is 9.53 Å². The minimum Gasteiger partial charge on any atom is -0.467 e. The quantitative estimate of drug-likeness (QED) is 0.784. The molecule has 1 aromatic heterocycles. The Morgan fingerprint density at radius 2 is 2.11 bits per heavy atom. The van der Waals surface area contributed by atoms with E-state index >= 15 is 0 Å². The van der Waals surface area contributed by atoms with Crippen LogP contribution >= 0.6 is 0 Å². The molecule has 1 aromatic carbocycles. The highest BCUT2D eigenvalue weighted by atomic mass is 16.5. The van der Waals surface area contributed by atoms with Crippen molar-refractivity contribution >= 4 is 16.7 Å². The lowest BCUT2D eigenvalue weighted by Gasteiger charge is -2.17. The molecule has 0 amide bonds. The summed E-state index contributed by atoms with van der Waals surface area (Å²) in [5, 5.41) is 21.2. The molecular weight excluding hydrogens is 234 g/mol. The lowest BCUT2D eigenvalue weighted by molar-refractivity contribution is -0.156. The van der Waals surface area contributed by atoms with Gasteiger partial charge in [-0.15, -0.1) is 0 Å². The number of benzene rings is 1. The van der Waals surface area contributed by atoms with Crippen molar-refractivity contribution in [3.8, 4) is 0 Å². The predicted molar refractivity (Wildman–Crippen MR) is 64.7 cm³/mol. The number of methoxy groups -OCH3 is 1. The van der Waals surface area contributed by atoms with Crippen LogP contribution in [0.2, 0.25) is 0 Å². The van der Waals surface area contributed by atoms with Gasteiger partial charge in [0.15, 0.2) is 6.10 Å². The van der Waals surface area contributed by atoms with Crippen molar-refractivity contribution in [1.82, 2.24) is 4.98 Å². The zero-order chi connectivity index (χ0) is 13.1. The second-order valence-corrected chi connectivity index (χ2v) is 3.86. The number of carbonyl (C=O) groups excluding carboxylic acids is 1. The van der Waals surface area contributed by atoms with Crippen molar-refractivity contribution in [1.29, 1.82) is 0 Å². The number of rotatable bonds is 3. The van der Waals surface area contributed by atoms with E-state index in [1.165, 1.54) is 0 Å². The minimum absolute atomic E-state index is 0.443. The van der Waals surface area contributed by atoms with Crippen LogP contribution in [0.1, 0.15) is 11.7 Å². The van der Waals surface area contributed by atoms with E-state index in [1.54, 1.807) is 30.6 Å². The molecule has 0 saturated carbocycles. The Hall–Kier alpha value is -1.98. The number of ether oxygens (including phenoxy) is 1. The lowest BCUT2D eigenvalue weighted by Crippen LogP contribution is -2.29. The first-order valence-corrected chi connectivity index (χ1v) is 5.41. The number of nitrogens with zero attached hydrogens (tertiary/aromatic N) is 1. The highest BCUT2D eigenvalue weighted by Crippen LogP contribution is 2.25. The SMILES string of the molecule is COC(=O)C(O)C(O)c1cccc2ccncc12. The zero-order valence-corrected chi connectivity index (χ0v) is 9.78. The summed E-state index contributed by atoms with van der Waals surface area (Å²) >= 11 is 0. The van der Waals surface area contributed by atoms with Crippen molar-refractivity contribution in [2.45, 2.75) is 12.2 Å². The van der Waals surface area contributed by atoms with Gasteiger partial charge < -0.3 is 14.9 Å². The zero-order valence-electron chi connectivity index (χ0n) is 9.78. The molecule has 2 atom stereocenters. The summed E-state index contributed by atoms with van der Waals surface area (Å²) in [5.74, 6) is -0.872. The van der Waals surface area contributed by atoms with E-state index in [4.69, 9.17) is 0 Å². The first kappa shape index (κ1) is 12.5. The Morgan fingerprint density at radius 1 is 1.33 bits per heavy atom. The Morgan fingerprint density at radius 3 is 2.83 bits per heavy atom. The molecule has 94 valence electrons. The molecule has 0 spiro atoms. The maximum atomic E-state index is 11.2. The third kappa shape index (κ3) is 2.18. The first-order chi connectivity index (χ1) is 8.65. The highest BCUT2D eigenvalue weighted by molar-refractivity contribution is 5.86. The summed E-state index contributed by atoms with van der Waals surface area (Å²) in [6.07, 6.45) is 0.263. The largest absolute Gasteiger partial charge is 0.467 e. The van der Waals surface area contributed by atoms with Crippen LogP contribution in [-0.4, -0.2) is 34.4 Å². The van der Waals surface area contributed by atoms with Gasteiger partial charge in [0.2, 0.25) is 0 Å². The molecule has 2 aromatic rings. The van der Waals surface area contributed by atoms with Crippen molar-refractivity contribution < 1.29 is 19.7 Å². The third-order valence-electron chi connectivity index (χ3n) is 2.78. The van der Waals surface area contributed by atoms with E-state index in [1.807, 2.05) is 6.07 Å². The average Bonchev–Trinajstić information content (AvgIpc) is 2.44. The van der Waals surface area contributed by atoms with Gasteiger partial charge in [-0.05, 0) is 17.0 Å². The molecule has 1 heterocycles. The van der Waals surface area contributed by atoms with Crippen LogP contribution < -0.4 is 0 Å². The van der Waals surface area contributed by atoms with Crippen LogP contribution in [0.3, 0.4) is 0 Å². The molecule has 0 radical (unpaired) electrons. The first-order valence-electron chi connectivity index (χ1n) is 5.41. The van der Waals surface area contributed by atoms with Crippen molar-refractivity contribution in [2.75, 3.05) is 7.11 Å². The summed E-state index contributed by atoms with van der Waals surface area (Å²) in [6, 6.07) is 7.03. The predicted octanol–water partition coefficient (Wildman–Crippen LogP) is 0.802. The number of aliphatic hydroxyl groups excluding tert-OH is 2. The van der Waals surface area contributed by atoms with Crippen molar-refractivity contribution in [2.24, 2.45) is 0 Å². The summed E-state index contributed by atoms with van der Waals surface area (Å²) in [5.41, 5.74) is 0.443. The molecule has 2 unspecified atom stereocenters. The van der Waals surface area contributed by atoms with Crippen molar-refractivity contribution in [3.05, 3.63) is 42.2 Å². The fraction of sp³-hybridized carbons (Fsp3) is 0.231. The molecule has 0 aliphatic rings. The summed E-state index contributed by atoms with van der Waals surface area (Å²) < 4.78 is 4.40. The maximum absolute atomic E-state index is 11.2. The fourth-order valence-corrected chi connectivity index (χ4v) is 1.81. The van der Waals surface area contributed by atoms with Gasteiger partial charge in [0.1, 0.15) is 6.10 Å². The molecule has 5 nitrogen and oxygen atoms in total. The Bertz CT molecular complexity index is 564. The van der Waals surface area contributed by atoms with Gasteiger partial charge in [-0.1, -0.05) is 18.2 Å². The number of aromatic nitrogens is 1. The topological polar surface area (TPSA) is 79.7 Å². The van der Waals surface area contributed by atoms with Gasteiger partial charge in [-0.3, -0.25) is 4.98 Å². The lowest BCUT2D eigenvalue weighted by atomic mass is 9.99. The monoisotopic (exact) mass is 247 g/mol. The normalized spacial score (nSPS) is 14.2. The number of pyridine rings is 1. The van der Waals surface area contributed by atoms with Crippen molar-refractivity contribution in [3.63, 3.8) is 0 Å². The molecule has 18 heavy (non-hydrogen) atoms. The number of hydrogen-bond donors (Lipinski definition) is 2. The van der Waals surface area contributed by atoms with Crippen LogP contribution in [0.15, 0.2) is 36.7 Å². The van der Waals surface area contributed by atoms with Crippen LogP contribution in [0.4, 0.5) is 0 Å². The Kier molecular flexibility index (Phi) is 3.55. The summed E-state index contributed by atoms with van der Waals surface area (Å²) in [4.78, 5) is 15.2. The van der Waals surface area contributed by atoms with E-state index in [0.29, 0.717) is 10.9 Å². The molecule has 2 rings (SSSR count). The fourth-order valence-electron chi connectivity index (χ4n) is 1.81. The smallest absolute Gasteiger partial charge is 0.337 e. The third-order valence-corrected chi connectivity index (χ3v) is 2.78. The molecule has 5 heteroatoms. The number of esters is 1. The Labute approximate surface area is 104 Å². The van der Waals surface area contributed by atoms with Gasteiger partial charge in [-0.2, -0.15) is 0 Å². The number of hydrogen-bond acceptors (Lipinski definition) is 5. The van der Waals surface area contributed by atoms with Crippen LogP contribution in [0.25, 0.3) is 10.8 Å². The molecule has 0 fully saturated rings. The standard InChI is InChI=1S/C13H13NO4/c1-18-13(17)12(16)11(15)9-4-2-3-8-5-6-14-7-10(8)9/h2-7,11-12,15-16H,1H3. The van der Waals surface area contributed by atoms with Crippen LogP contribution in [0.5, 0.6) is 0 Å². The molecule has 0 bridgehead atoms. The number of carbonyl (C=O) groups is 1. The second kappa shape index (κ2) is 5.12. The van der Waals surface area contributed by atoms with E-state index in [2.05, 4.69) is 9.72 Å². The van der Waals surface area contributed by atoms with Gasteiger partial charge in [0, 0.05) is 17.8 Å². The number of fused-ring (bicyclic) bond motifs is 1. The highest BCUT2D eigenvalue weighted by Gasteiger charge is 2.27. The minimum atomic E-state index is -1.61. The molecule has 0 aliphatic heterocycles. The van der Waals surface area contributed by atoms with Gasteiger partial charge >= 0.3 is 5.97 Å². The van der Waals surface area contributed by atoms with Gasteiger partial charge in [0.05, 0.1) is 7.11 Å².